The van der Waals surface area contributed by atoms with Gasteiger partial charge in [0.05, 0.1) is 10.5 Å². The summed E-state index contributed by atoms with van der Waals surface area (Å²) in [6.45, 7) is 2.39. The van der Waals surface area contributed by atoms with E-state index >= 15 is 0 Å². The Morgan fingerprint density at radius 2 is 2.00 bits per heavy atom. The second-order valence-corrected chi connectivity index (χ2v) is 7.69. The van der Waals surface area contributed by atoms with E-state index < -0.39 is 15.6 Å². The molecule has 1 aliphatic rings. The fraction of sp³-hybridized carbons (Fsp3) is 0.538. The molecule has 8 heteroatoms. The first-order valence-electron chi connectivity index (χ1n) is 6.45. The molecule has 6 nitrogen and oxygen atoms in total. The van der Waals surface area contributed by atoms with Crippen LogP contribution in [0, 0.1) is 0 Å². The van der Waals surface area contributed by atoms with Crippen LogP contribution in [0.5, 0.6) is 11.5 Å². The van der Waals surface area contributed by atoms with Crippen LogP contribution in [0.15, 0.2) is 23.1 Å². The lowest BCUT2D eigenvalue weighted by molar-refractivity contribution is 0.0908. The number of hydrogen-bond donors (Lipinski definition) is 2. The van der Waals surface area contributed by atoms with E-state index in [1.807, 2.05) is 6.26 Å². The molecule has 118 valence electrons. The second kappa shape index (κ2) is 6.43. The summed E-state index contributed by atoms with van der Waals surface area (Å²) in [5.41, 5.74) is -1.10. The molecule has 1 aromatic carbocycles. The Hall–Kier alpha value is -0.960. The highest BCUT2D eigenvalue weighted by Crippen LogP contribution is 2.32. The minimum atomic E-state index is -3.70. The van der Waals surface area contributed by atoms with Crippen molar-refractivity contribution in [3.8, 4) is 11.5 Å². The van der Waals surface area contributed by atoms with Crippen LogP contribution in [0.2, 0.25) is 0 Å². The maximum Gasteiger partial charge on any atom is 0.240 e. The van der Waals surface area contributed by atoms with Crippen LogP contribution in [0.25, 0.3) is 0 Å². The molecule has 0 spiro atoms. The van der Waals surface area contributed by atoms with Gasteiger partial charge in [-0.05, 0) is 25.3 Å². The lowest BCUT2D eigenvalue weighted by Crippen LogP contribution is -2.42. The highest BCUT2D eigenvalue weighted by Gasteiger charge is 2.25. The predicted molar refractivity (Wildman–Crippen MR) is 81.6 cm³/mol. The smallest absolute Gasteiger partial charge is 0.240 e. The number of fused-ring (bicyclic) bond motifs is 1. The van der Waals surface area contributed by atoms with Crippen LogP contribution < -0.4 is 14.2 Å². The molecule has 0 aliphatic carbocycles. The number of sulfonamides is 1. The summed E-state index contributed by atoms with van der Waals surface area (Å²) in [6, 6.07) is 4.46. The summed E-state index contributed by atoms with van der Waals surface area (Å²) in [7, 11) is -3.70. The summed E-state index contributed by atoms with van der Waals surface area (Å²) in [5, 5.41) is 10.0. The van der Waals surface area contributed by atoms with E-state index in [2.05, 4.69) is 4.72 Å². The van der Waals surface area contributed by atoms with E-state index in [0.717, 1.165) is 0 Å². The maximum atomic E-state index is 12.2. The van der Waals surface area contributed by atoms with Crippen LogP contribution in [0.1, 0.15) is 6.92 Å². The van der Waals surface area contributed by atoms with Gasteiger partial charge in [0.1, 0.15) is 13.2 Å². The van der Waals surface area contributed by atoms with Gasteiger partial charge in [-0.15, -0.1) is 0 Å². The molecular formula is C13H19NO5S2. The summed E-state index contributed by atoms with van der Waals surface area (Å²) in [5.74, 6) is 1.39. The molecule has 0 aromatic heterocycles. The number of thioether (sulfide) groups is 1. The van der Waals surface area contributed by atoms with Gasteiger partial charge in [0.15, 0.2) is 11.5 Å². The normalized spacial score (nSPS) is 17.3. The number of ether oxygens (including phenoxy) is 2. The first-order chi connectivity index (χ1) is 9.84. The topological polar surface area (TPSA) is 84.9 Å². The van der Waals surface area contributed by atoms with Crippen molar-refractivity contribution in [3.05, 3.63) is 18.2 Å². The summed E-state index contributed by atoms with van der Waals surface area (Å²) >= 11 is 1.45. The molecule has 1 unspecified atom stereocenters. The van der Waals surface area contributed by atoms with Gasteiger partial charge in [0.2, 0.25) is 10.0 Å². The van der Waals surface area contributed by atoms with E-state index in [0.29, 0.717) is 30.5 Å². The van der Waals surface area contributed by atoms with Crippen molar-refractivity contribution in [2.24, 2.45) is 0 Å². The highest BCUT2D eigenvalue weighted by molar-refractivity contribution is 7.98. The van der Waals surface area contributed by atoms with Gasteiger partial charge in [-0.2, -0.15) is 11.8 Å². The molecule has 2 rings (SSSR count). The van der Waals surface area contributed by atoms with Crippen LogP contribution in [-0.4, -0.2) is 50.9 Å². The molecule has 0 fully saturated rings. The summed E-state index contributed by atoms with van der Waals surface area (Å²) in [4.78, 5) is 0.0895. The van der Waals surface area contributed by atoms with Gasteiger partial charge >= 0.3 is 0 Å². The number of nitrogens with one attached hydrogen (secondary N) is 1. The molecular weight excluding hydrogens is 314 g/mol. The predicted octanol–water partition coefficient (Wildman–Crippen LogP) is 0.850. The Bertz CT molecular complexity index is 601. The van der Waals surface area contributed by atoms with Crippen molar-refractivity contribution < 1.29 is 23.0 Å². The number of rotatable bonds is 6. The van der Waals surface area contributed by atoms with Crippen molar-refractivity contribution in [1.29, 1.82) is 0 Å². The monoisotopic (exact) mass is 333 g/mol. The Balaban J connectivity index is 2.12. The Morgan fingerprint density at radius 1 is 1.33 bits per heavy atom. The number of hydrogen-bond acceptors (Lipinski definition) is 6. The second-order valence-electron chi connectivity index (χ2n) is 5.06. The van der Waals surface area contributed by atoms with Crippen molar-refractivity contribution in [2.45, 2.75) is 17.4 Å². The average molecular weight is 333 g/mol. The van der Waals surface area contributed by atoms with Crippen LogP contribution >= 0.6 is 11.8 Å². The molecule has 0 amide bonds. The lowest BCUT2D eigenvalue weighted by atomic mass is 10.1. The van der Waals surface area contributed by atoms with E-state index in [-0.39, 0.29) is 11.4 Å². The molecule has 0 radical (unpaired) electrons. The summed E-state index contributed by atoms with van der Waals surface area (Å²) < 4.78 is 37.6. The minimum absolute atomic E-state index is 0.0510. The van der Waals surface area contributed by atoms with Crippen LogP contribution in [0.4, 0.5) is 0 Å². The van der Waals surface area contributed by atoms with E-state index in [1.165, 1.54) is 23.9 Å². The summed E-state index contributed by atoms with van der Waals surface area (Å²) in [6.07, 6.45) is 1.85. The standard InChI is InChI=1S/C13H19NO5S2/c1-13(15,9-20-2)8-14-21(16,17)10-3-4-11-12(7-10)19-6-5-18-11/h3-4,7,14-15H,5-6,8-9H2,1-2H3. The molecule has 2 N–H and O–H groups in total. The Morgan fingerprint density at radius 3 is 2.67 bits per heavy atom. The zero-order valence-electron chi connectivity index (χ0n) is 12.0. The number of aliphatic hydroxyl groups is 1. The third kappa shape index (κ3) is 4.26. The third-order valence-electron chi connectivity index (χ3n) is 2.92. The quantitative estimate of drug-likeness (QED) is 0.803. The minimum Gasteiger partial charge on any atom is -0.486 e. The van der Waals surface area contributed by atoms with Gasteiger partial charge in [-0.3, -0.25) is 0 Å². The average Bonchev–Trinajstić information content (AvgIpc) is 2.45. The maximum absolute atomic E-state index is 12.2. The van der Waals surface area contributed by atoms with E-state index in [9.17, 15) is 13.5 Å². The molecule has 1 atom stereocenters. The van der Waals surface area contributed by atoms with Crippen molar-refractivity contribution in [2.75, 3.05) is 31.8 Å². The Labute approximate surface area is 128 Å². The van der Waals surface area contributed by atoms with E-state index in [1.54, 1.807) is 13.0 Å². The fourth-order valence-corrected chi connectivity index (χ4v) is 3.79. The van der Waals surface area contributed by atoms with Crippen LogP contribution in [-0.2, 0) is 10.0 Å². The lowest BCUT2D eigenvalue weighted by Gasteiger charge is -2.23. The molecule has 0 saturated carbocycles. The van der Waals surface area contributed by atoms with Gasteiger partial charge in [0, 0.05) is 18.4 Å². The molecule has 1 aliphatic heterocycles. The van der Waals surface area contributed by atoms with Crippen molar-refractivity contribution in [1.82, 2.24) is 4.72 Å². The molecule has 0 saturated heterocycles. The third-order valence-corrected chi connectivity index (χ3v) is 5.23. The zero-order chi connectivity index (χ0) is 15.5. The SMILES string of the molecule is CSCC(C)(O)CNS(=O)(=O)c1ccc2c(c1)OCCO2. The first kappa shape index (κ1) is 16.4. The molecule has 21 heavy (non-hydrogen) atoms. The van der Waals surface area contributed by atoms with Gasteiger partial charge in [-0.1, -0.05) is 0 Å². The van der Waals surface area contributed by atoms with Crippen molar-refractivity contribution >= 4 is 21.8 Å². The molecule has 1 aromatic rings. The van der Waals surface area contributed by atoms with Gasteiger partial charge < -0.3 is 14.6 Å². The van der Waals surface area contributed by atoms with Crippen LogP contribution in [0.3, 0.4) is 0 Å². The zero-order valence-corrected chi connectivity index (χ0v) is 13.6. The largest absolute Gasteiger partial charge is 0.486 e. The Kier molecular flexibility index (Phi) is 5.03. The van der Waals surface area contributed by atoms with E-state index in [4.69, 9.17) is 9.47 Å². The highest BCUT2D eigenvalue weighted by atomic mass is 32.2. The van der Waals surface area contributed by atoms with Gasteiger partial charge in [-0.25, -0.2) is 13.1 Å². The first-order valence-corrected chi connectivity index (χ1v) is 9.32. The fourth-order valence-electron chi connectivity index (χ4n) is 1.89. The molecule has 1 heterocycles. The number of benzene rings is 1. The van der Waals surface area contributed by atoms with Crippen molar-refractivity contribution in [3.63, 3.8) is 0 Å². The van der Waals surface area contributed by atoms with Gasteiger partial charge in [0.25, 0.3) is 0 Å². The molecule has 0 bridgehead atoms.